The quantitative estimate of drug-likeness (QED) is 0.762. The summed E-state index contributed by atoms with van der Waals surface area (Å²) in [4.78, 5) is 0. The van der Waals surface area contributed by atoms with Crippen molar-refractivity contribution < 1.29 is 4.74 Å². The first kappa shape index (κ1) is 10.9. The molecule has 1 fully saturated rings. The van der Waals surface area contributed by atoms with Crippen LogP contribution in [-0.4, -0.2) is 33.2 Å². The van der Waals surface area contributed by atoms with Gasteiger partial charge in [-0.3, -0.25) is 0 Å². The minimum Gasteiger partial charge on any atom is -0.377 e. The Morgan fingerprint density at radius 1 is 1.60 bits per heavy atom. The van der Waals surface area contributed by atoms with E-state index in [1.807, 2.05) is 11.6 Å². The van der Waals surface area contributed by atoms with Gasteiger partial charge in [0.15, 0.2) is 5.16 Å². The highest BCUT2D eigenvalue weighted by Gasteiger charge is 2.17. The molecule has 0 aromatic carbocycles. The lowest BCUT2D eigenvalue weighted by Gasteiger charge is -2.07. The summed E-state index contributed by atoms with van der Waals surface area (Å²) in [5.41, 5.74) is 5.53. The first-order chi connectivity index (χ1) is 7.31. The smallest absolute Gasteiger partial charge is 0.191 e. The lowest BCUT2D eigenvalue weighted by Crippen LogP contribution is -2.09. The average molecular weight is 228 g/mol. The predicted octanol–water partition coefficient (Wildman–Crippen LogP) is 0.545. The van der Waals surface area contributed by atoms with Gasteiger partial charge in [0.05, 0.1) is 12.6 Å². The van der Waals surface area contributed by atoms with Gasteiger partial charge in [-0.2, -0.15) is 0 Å². The summed E-state index contributed by atoms with van der Waals surface area (Å²) in [6.07, 6.45) is 2.72. The van der Waals surface area contributed by atoms with E-state index in [2.05, 4.69) is 10.2 Å². The van der Waals surface area contributed by atoms with E-state index in [0.717, 1.165) is 29.8 Å². The molecule has 1 aliphatic rings. The molecule has 2 rings (SSSR count). The monoisotopic (exact) mass is 228 g/mol. The van der Waals surface area contributed by atoms with Crippen LogP contribution in [0.3, 0.4) is 0 Å². The maximum Gasteiger partial charge on any atom is 0.191 e. The number of thioether (sulfide) groups is 1. The number of hydrogen-bond acceptors (Lipinski definition) is 5. The fourth-order valence-electron chi connectivity index (χ4n) is 1.59. The second-order valence-corrected chi connectivity index (χ2v) is 4.60. The molecule has 1 aliphatic heterocycles. The van der Waals surface area contributed by atoms with Crippen molar-refractivity contribution in [2.24, 2.45) is 12.8 Å². The number of nitrogens with zero attached hydrogens (tertiary/aromatic N) is 3. The van der Waals surface area contributed by atoms with Crippen molar-refractivity contribution >= 4 is 11.8 Å². The van der Waals surface area contributed by atoms with Gasteiger partial charge in [-0.25, -0.2) is 0 Å². The summed E-state index contributed by atoms with van der Waals surface area (Å²) < 4.78 is 7.49. The number of ether oxygens (including phenoxy) is 1. The van der Waals surface area contributed by atoms with Crippen LogP contribution >= 0.6 is 11.8 Å². The van der Waals surface area contributed by atoms with Crippen LogP contribution in [0.4, 0.5) is 0 Å². The van der Waals surface area contributed by atoms with E-state index in [-0.39, 0.29) is 0 Å². The fraction of sp³-hybridized carbons (Fsp3) is 0.778. The molecule has 0 radical (unpaired) electrons. The predicted molar refractivity (Wildman–Crippen MR) is 58.6 cm³/mol. The largest absolute Gasteiger partial charge is 0.377 e. The molecule has 1 aromatic rings. The lowest BCUT2D eigenvalue weighted by molar-refractivity contribution is 0.129. The van der Waals surface area contributed by atoms with Crippen LogP contribution in [0.2, 0.25) is 0 Å². The average Bonchev–Trinajstić information content (AvgIpc) is 2.85. The molecular weight excluding hydrogens is 212 g/mol. The van der Waals surface area contributed by atoms with E-state index in [1.54, 1.807) is 11.8 Å². The molecule has 5 nitrogen and oxygen atoms in total. The molecule has 15 heavy (non-hydrogen) atoms. The highest BCUT2D eigenvalue weighted by Crippen LogP contribution is 2.22. The number of hydrogen-bond donors (Lipinski definition) is 1. The lowest BCUT2D eigenvalue weighted by atomic mass is 10.3. The van der Waals surface area contributed by atoms with Gasteiger partial charge in [0, 0.05) is 19.4 Å². The minimum atomic E-state index is 0.382. The summed E-state index contributed by atoms with van der Waals surface area (Å²) in [6, 6.07) is 0. The molecule has 0 amide bonds. The molecule has 1 atom stereocenters. The molecule has 1 aromatic heterocycles. The van der Waals surface area contributed by atoms with Crippen molar-refractivity contribution in [2.45, 2.75) is 30.6 Å². The molecule has 2 N–H and O–H groups in total. The van der Waals surface area contributed by atoms with Gasteiger partial charge in [-0.05, 0) is 12.8 Å². The van der Waals surface area contributed by atoms with Crippen LogP contribution < -0.4 is 5.73 Å². The van der Waals surface area contributed by atoms with Crippen molar-refractivity contribution in [3.05, 3.63) is 5.82 Å². The van der Waals surface area contributed by atoms with E-state index in [0.29, 0.717) is 12.6 Å². The Labute approximate surface area is 93.4 Å². The van der Waals surface area contributed by atoms with Gasteiger partial charge in [-0.1, -0.05) is 11.8 Å². The SMILES string of the molecule is Cn1c(CN)nnc1SCC1CCCO1. The van der Waals surface area contributed by atoms with Gasteiger partial charge in [0.25, 0.3) is 0 Å². The van der Waals surface area contributed by atoms with E-state index >= 15 is 0 Å². The summed E-state index contributed by atoms with van der Waals surface area (Å²) in [5, 5.41) is 9.02. The third-order valence-electron chi connectivity index (χ3n) is 2.53. The minimum absolute atomic E-state index is 0.382. The Bertz CT molecular complexity index is 322. The number of aromatic nitrogens is 3. The summed E-state index contributed by atoms with van der Waals surface area (Å²) in [5.74, 6) is 1.78. The highest BCUT2D eigenvalue weighted by atomic mass is 32.2. The van der Waals surface area contributed by atoms with E-state index < -0.39 is 0 Å². The second kappa shape index (κ2) is 4.96. The summed E-state index contributed by atoms with van der Waals surface area (Å²) in [6.45, 7) is 1.34. The summed E-state index contributed by atoms with van der Waals surface area (Å²) >= 11 is 1.69. The zero-order valence-electron chi connectivity index (χ0n) is 8.85. The normalized spacial score (nSPS) is 21.1. The van der Waals surface area contributed by atoms with Crippen LogP contribution in [0.5, 0.6) is 0 Å². The molecule has 1 unspecified atom stereocenters. The first-order valence-electron chi connectivity index (χ1n) is 5.14. The molecule has 1 saturated heterocycles. The standard InChI is InChI=1S/C9H16N4OS/c1-13-8(5-10)11-12-9(13)15-6-7-3-2-4-14-7/h7H,2-6,10H2,1H3. The van der Waals surface area contributed by atoms with Crippen LogP contribution in [0.15, 0.2) is 5.16 Å². The third kappa shape index (κ3) is 2.50. The van der Waals surface area contributed by atoms with Crippen molar-refractivity contribution in [3.63, 3.8) is 0 Å². The topological polar surface area (TPSA) is 66.0 Å². The highest BCUT2D eigenvalue weighted by molar-refractivity contribution is 7.99. The molecule has 0 aliphatic carbocycles. The van der Waals surface area contributed by atoms with Gasteiger partial charge in [0.1, 0.15) is 5.82 Å². The van der Waals surface area contributed by atoms with Gasteiger partial charge < -0.3 is 15.0 Å². The van der Waals surface area contributed by atoms with Crippen molar-refractivity contribution in [1.82, 2.24) is 14.8 Å². The third-order valence-corrected chi connectivity index (χ3v) is 3.68. The van der Waals surface area contributed by atoms with E-state index in [4.69, 9.17) is 10.5 Å². The van der Waals surface area contributed by atoms with Gasteiger partial charge in [0.2, 0.25) is 0 Å². The van der Waals surface area contributed by atoms with Gasteiger partial charge in [-0.15, -0.1) is 10.2 Å². The maximum atomic E-state index is 5.54. The first-order valence-corrected chi connectivity index (χ1v) is 6.12. The Balaban J connectivity index is 1.89. The zero-order valence-corrected chi connectivity index (χ0v) is 9.66. The maximum absolute atomic E-state index is 5.54. The van der Waals surface area contributed by atoms with E-state index in [9.17, 15) is 0 Å². The van der Waals surface area contributed by atoms with Gasteiger partial charge >= 0.3 is 0 Å². The molecule has 6 heteroatoms. The number of nitrogens with two attached hydrogens (primary N) is 1. The molecule has 84 valence electrons. The summed E-state index contributed by atoms with van der Waals surface area (Å²) in [7, 11) is 1.94. The van der Waals surface area contributed by atoms with Crippen molar-refractivity contribution in [2.75, 3.05) is 12.4 Å². The van der Waals surface area contributed by atoms with Crippen molar-refractivity contribution in [1.29, 1.82) is 0 Å². The van der Waals surface area contributed by atoms with Crippen LogP contribution in [0.1, 0.15) is 18.7 Å². The zero-order chi connectivity index (χ0) is 10.7. The van der Waals surface area contributed by atoms with E-state index in [1.165, 1.54) is 6.42 Å². The van der Waals surface area contributed by atoms with Crippen LogP contribution in [0.25, 0.3) is 0 Å². The fourth-order valence-corrected chi connectivity index (χ4v) is 2.59. The molecular formula is C9H16N4OS. The van der Waals surface area contributed by atoms with Crippen molar-refractivity contribution in [3.8, 4) is 0 Å². The molecule has 0 saturated carbocycles. The molecule has 0 bridgehead atoms. The number of rotatable bonds is 4. The molecule has 0 spiro atoms. The Morgan fingerprint density at radius 2 is 2.47 bits per heavy atom. The Kier molecular flexibility index (Phi) is 3.61. The Hall–Kier alpha value is -0.590. The Morgan fingerprint density at radius 3 is 3.07 bits per heavy atom. The van der Waals surface area contributed by atoms with Crippen LogP contribution in [-0.2, 0) is 18.3 Å². The molecule has 2 heterocycles. The second-order valence-electron chi connectivity index (χ2n) is 3.61. The van der Waals surface area contributed by atoms with Crippen LogP contribution in [0, 0.1) is 0 Å².